The smallest absolute Gasteiger partial charge is 0.416 e. The summed E-state index contributed by atoms with van der Waals surface area (Å²) in [7, 11) is 1.57. The van der Waals surface area contributed by atoms with Crippen LogP contribution < -0.4 is 14.5 Å². The number of pyridine rings is 1. The number of aryl methyl sites for hydroxylation is 1. The number of thiol groups is 1. The Balaban J connectivity index is 2.09. The van der Waals surface area contributed by atoms with Crippen molar-refractivity contribution in [2.45, 2.75) is 44.7 Å². The zero-order valence-electron chi connectivity index (χ0n) is 16.6. The van der Waals surface area contributed by atoms with Crippen molar-refractivity contribution in [1.29, 1.82) is 0 Å². The SMILES string of the molecule is CO[n+]1cccc(CN(C(=O)OC(C)(C)C)c2cc(C)nc3c(S)cnn23)c1. The molecule has 0 radical (unpaired) electrons. The molecule has 8 nitrogen and oxygen atoms in total. The fraction of sp³-hybridized carbons (Fsp3) is 0.368. The van der Waals surface area contributed by atoms with Crippen LogP contribution in [0, 0.1) is 6.92 Å². The minimum Gasteiger partial charge on any atom is -0.443 e. The first kappa shape index (κ1) is 19.9. The predicted molar refractivity (Wildman–Crippen MR) is 107 cm³/mol. The molecular weight excluding hydrogens is 378 g/mol. The number of carbonyl (C=O) groups excluding carboxylic acids is 1. The minimum atomic E-state index is -0.640. The number of fused-ring (bicyclic) bond motifs is 1. The highest BCUT2D eigenvalue weighted by molar-refractivity contribution is 7.80. The highest BCUT2D eigenvalue weighted by atomic mass is 32.1. The van der Waals surface area contributed by atoms with Gasteiger partial charge in [-0.05, 0) is 33.8 Å². The third kappa shape index (κ3) is 4.36. The van der Waals surface area contributed by atoms with E-state index < -0.39 is 11.7 Å². The molecule has 0 saturated carbocycles. The highest BCUT2D eigenvalue weighted by Crippen LogP contribution is 2.24. The lowest BCUT2D eigenvalue weighted by Gasteiger charge is -2.27. The summed E-state index contributed by atoms with van der Waals surface area (Å²) in [4.78, 5) is 24.9. The zero-order valence-corrected chi connectivity index (χ0v) is 17.5. The fourth-order valence-electron chi connectivity index (χ4n) is 2.69. The van der Waals surface area contributed by atoms with E-state index in [4.69, 9.17) is 9.57 Å². The van der Waals surface area contributed by atoms with Crippen LogP contribution in [0.1, 0.15) is 32.0 Å². The molecule has 3 aromatic rings. The molecule has 3 aromatic heterocycles. The van der Waals surface area contributed by atoms with Gasteiger partial charge in [0.2, 0.25) is 12.4 Å². The van der Waals surface area contributed by atoms with Gasteiger partial charge in [0.1, 0.15) is 18.5 Å². The molecule has 0 atom stereocenters. The van der Waals surface area contributed by atoms with Crippen molar-refractivity contribution in [2.24, 2.45) is 0 Å². The van der Waals surface area contributed by atoms with Crippen LogP contribution in [-0.4, -0.2) is 33.4 Å². The summed E-state index contributed by atoms with van der Waals surface area (Å²) in [5.74, 6) is 0.546. The Morgan fingerprint density at radius 3 is 2.82 bits per heavy atom. The topological polar surface area (TPSA) is 72.8 Å². The normalized spacial score (nSPS) is 11.5. The van der Waals surface area contributed by atoms with Crippen LogP contribution in [0.2, 0.25) is 0 Å². The molecule has 0 spiro atoms. The maximum Gasteiger partial charge on any atom is 0.416 e. The van der Waals surface area contributed by atoms with Gasteiger partial charge in [-0.15, -0.1) is 12.6 Å². The molecule has 0 aliphatic rings. The van der Waals surface area contributed by atoms with Crippen molar-refractivity contribution >= 4 is 30.2 Å². The van der Waals surface area contributed by atoms with Crippen LogP contribution in [0.4, 0.5) is 10.6 Å². The van der Waals surface area contributed by atoms with Crippen LogP contribution in [0.3, 0.4) is 0 Å². The van der Waals surface area contributed by atoms with E-state index in [1.807, 2.05) is 39.8 Å². The van der Waals surface area contributed by atoms with E-state index in [0.717, 1.165) is 11.3 Å². The van der Waals surface area contributed by atoms with E-state index in [9.17, 15) is 4.79 Å². The quantitative estimate of drug-likeness (QED) is 0.536. The Morgan fingerprint density at radius 1 is 1.39 bits per heavy atom. The molecule has 1 amide bonds. The second-order valence-electron chi connectivity index (χ2n) is 7.34. The zero-order chi connectivity index (χ0) is 20.5. The first-order valence-corrected chi connectivity index (χ1v) is 9.22. The van der Waals surface area contributed by atoms with Crippen LogP contribution in [-0.2, 0) is 11.3 Å². The molecule has 0 fully saturated rings. The van der Waals surface area contributed by atoms with E-state index in [-0.39, 0.29) is 6.54 Å². The molecule has 0 unspecified atom stereocenters. The first-order chi connectivity index (χ1) is 13.2. The number of aromatic nitrogens is 4. The molecule has 0 bridgehead atoms. The second kappa shape index (κ2) is 7.67. The van der Waals surface area contributed by atoms with Gasteiger partial charge < -0.3 is 4.74 Å². The molecule has 0 aromatic carbocycles. The van der Waals surface area contributed by atoms with Crippen LogP contribution >= 0.6 is 12.6 Å². The summed E-state index contributed by atoms with van der Waals surface area (Å²) in [6.45, 7) is 7.62. The summed E-state index contributed by atoms with van der Waals surface area (Å²) < 4.78 is 8.80. The maximum absolute atomic E-state index is 13.1. The van der Waals surface area contributed by atoms with Crippen LogP contribution in [0.25, 0.3) is 5.65 Å². The Morgan fingerprint density at radius 2 is 2.14 bits per heavy atom. The summed E-state index contributed by atoms with van der Waals surface area (Å²) in [6, 6.07) is 5.55. The largest absolute Gasteiger partial charge is 0.443 e. The van der Waals surface area contributed by atoms with E-state index in [1.54, 1.807) is 41.0 Å². The van der Waals surface area contributed by atoms with Crippen molar-refractivity contribution in [1.82, 2.24) is 14.6 Å². The van der Waals surface area contributed by atoms with Gasteiger partial charge in [-0.3, -0.25) is 9.74 Å². The average Bonchev–Trinajstić information content (AvgIpc) is 2.99. The molecule has 0 saturated heterocycles. The molecule has 28 heavy (non-hydrogen) atoms. The number of hydrogen-bond acceptors (Lipinski definition) is 6. The second-order valence-corrected chi connectivity index (χ2v) is 7.82. The third-order valence-corrected chi connectivity index (χ3v) is 4.16. The third-order valence-electron chi connectivity index (χ3n) is 3.84. The number of ether oxygens (including phenoxy) is 1. The number of anilines is 1. The van der Waals surface area contributed by atoms with Crippen molar-refractivity contribution in [3.05, 3.63) is 48.0 Å². The van der Waals surface area contributed by atoms with Crippen LogP contribution in [0.15, 0.2) is 41.7 Å². The number of carbonyl (C=O) groups is 1. The average molecular weight is 403 g/mol. The first-order valence-electron chi connectivity index (χ1n) is 8.77. The van der Waals surface area contributed by atoms with Gasteiger partial charge >= 0.3 is 6.09 Å². The van der Waals surface area contributed by atoms with Crippen molar-refractivity contribution in [2.75, 3.05) is 12.0 Å². The maximum atomic E-state index is 13.1. The Hall–Kier alpha value is -2.81. The van der Waals surface area contributed by atoms with E-state index in [1.165, 1.54) is 4.90 Å². The molecule has 0 aliphatic carbocycles. The van der Waals surface area contributed by atoms with Crippen molar-refractivity contribution in [3.8, 4) is 0 Å². The lowest BCUT2D eigenvalue weighted by molar-refractivity contribution is -0.885. The Bertz CT molecular complexity index is 1010. The van der Waals surface area contributed by atoms with E-state index in [2.05, 4.69) is 22.7 Å². The molecule has 0 N–H and O–H groups in total. The van der Waals surface area contributed by atoms with Gasteiger partial charge in [-0.1, -0.05) is 0 Å². The number of hydrogen-bond donors (Lipinski definition) is 1. The summed E-state index contributed by atoms with van der Waals surface area (Å²) in [6.07, 6.45) is 4.69. The predicted octanol–water partition coefficient (Wildman–Crippen LogP) is 2.61. The monoisotopic (exact) mass is 402 g/mol. The molecule has 0 aliphatic heterocycles. The van der Waals surface area contributed by atoms with Gasteiger partial charge in [0.25, 0.3) is 0 Å². The number of rotatable bonds is 4. The summed E-state index contributed by atoms with van der Waals surface area (Å²) in [5.41, 5.74) is 1.54. The van der Waals surface area contributed by atoms with Crippen molar-refractivity contribution < 1.29 is 19.1 Å². The molecule has 3 rings (SSSR count). The van der Waals surface area contributed by atoms with E-state index in [0.29, 0.717) is 16.4 Å². The summed E-state index contributed by atoms with van der Waals surface area (Å²) >= 11 is 4.41. The standard InChI is InChI=1S/C19H23N5O3S/c1-13-9-16(24-17(21-13)15(28)10-20-24)23(18(25)27-19(2,3)4)12-14-7-6-8-22(11-14)26-5/h6-11H,12H2,1-5H3/p+1. The van der Waals surface area contributed by atoms with Gasteiger partial charge in [0.05, 0.1) is 17.6 Å². The molecular formula is C19H24N5O3S+. The lowest BCUT2D eigenvalue weighted by atomic mass is 10.2. The lowest BCUT2D eigenvalue weighted by Crippen LogP contribution is -2.41. The fourth-order valence-corrected chi connectivity index (χ4v) is 2.89. The van der Waals surface area contributed by atoms with Crippen LogP contribution in [0.5, 0.6) is 0 Å². The molecule has 9 heteroatoms. The van der Waals surface area contributed by atoms with Gasteiger partial charge in [-0.2, -0.15) is 9.61 Å². The number of amides is 1. The highest BCUT2D eigenvalue weighted by Gasteiger charge is 2.27. The Labute approximate surface area is 169 Å². The number of nitrogens with zero attached hydrogens (tertiary/aromatic N) is 5. The Kier molecular flexibility index (Phi) is 5.46. The molecule has 3 heterocycles. The molecule has 148 valence electrons. The van der Waals surface area contributed by atoms with E-state index >= 15 is 0 Å². The van der Waals surface area contributed by atoms with Crippen molar-refractivity contribution in [3.63, 3.8) is 0 Å². The van der Waals surface area contributed by atoms with Gasteiger partial charge in [-0.25, -0.2) is 9.78 Å². The van der Waals surface area contributed by atoms with Gasteiger partial charge in [0, 0.05) is 28.1 Å². The minimum absolute atomic E-state index is 0.263. The van der Waals surface area contributed by atoms with Gasteiger partial charge in [0.15, 0.2) is 5.65 Å². The summed E-state index contributed by atoms with van der Waals surface area (Å²) in [5, 5.41) is 4.33.